The molecule has 0 radical (unpaired) electrons. The highest BCUT2D eigenvalue weighted by molar-refractivity contribution is 6.01. The average molecular weight is 383 g/mol. The fourth-order valence-electron chi connectivity index (χ4n) is 4.53. The minimum Gasteiger partial charge on any atom is -0.384 e. The molecule has 0 aromatic heterocycles. The van der Waals surface area contributed by atoms with Gasteiger partial charge in [0, 0.05) is 23.4 Å². The van der Waals surface area contributed by atoms with Crippen LogP contribution in [0.1, 0.15) is 47.4 Å². The van der Waals surface area contributed by atoms with Gasteiger partial charge in [0.05, 0.1) is 17.6 Å². The molecular weight excluding hydrogens is 358 g/mol. The van der Waals surface area contributed by atoms with Crippen molar-refractivity contribution >= 4 is 11.5 Å². The van der Waals surface area contributed by atoms with E-state index in [9.17, 15) is 10.1 Å². The number of anilines is 1. The number of benzene rings is 2. The first-order valence-corrected chi connectivity index (χ1v) is 10.0. The summed E-state index contributed by atoms with van der Waals surface area (Å²) in [6.07, 6.45) is 2.09. The highest BCUT2D eigenvalue weighted by Gasteiger charge is 2.40. The molecule has 0 saturated heterocycles. The van der Waals surface area contributed by atoms with Gasteiger partial charge in [0.2, 0.25) is 0 Å². The molecule has 2 aromatic carbocycles. The first kappa shape index (κ1) is 19.0. The Kier molecular flexibility index (Phi) is 4.76. The van der Waals surface area contributed by atoms with Gasteiger partial charge in [-0.2, -0.15) is 5.26 Å². The second-order valence-corrected chi connectivity index (χ2v) is 8.02. The first-order valence-electron chi connectivity index (χ1n) is 10.0. The molecule has 0 bridgehead atoms. The number of nitrogens with zero attached hydrogens (tertiary/aromatic N) is 2. The molecule has 29 heavy (non-hydrogen) atoms. The maximum atomic E-state index is 13.2. The molecule has 146 valence electrons. The Morgan fingerprint density at radius 3 is 2.55 bits per heavy atom. The van der Waals surface area contributed by atoms with Crippen LogP contribution in [-0.4, -0.2) is 5.78 Å². The molecule has 0 saturated carbocycles. The lowest BCUT2D eigenvalue weighted by molar-refractivity contribution is -0.116. The number of nitriles is 1. The number of allylic oxidation sites excluding steroid dienone is 3. The lowest BCUT2D eigenvalue weighted by Gasteiger charge is -2.40. The fraction of sp³-hybridized carbons (Fsp3) is 0.280. The normalized spacial score (nSPS) is 19.3. The van der Waals surface area contributed by atoms with Crippen molar-refractivity contribution in [2.24, 2.45) is 5.73 Å². The molecule has 1 heterocycles. The van der Waals surface area contributed by atoms with Gasteiger partial charge in [0.15, 0.2) is 5.78 Å². The number of carbonyl (C=O) groups is 1. The van der Waals surface area contributed by atoms with Crippen LogP contribution in [0.4, 0.5) is 5.69 Å². The minimum atomic E-state index is -0.399. The van der Waals surface area contributed by atoms with Gasteiger partial charge >= 0.3 is 0 Å². The van der Waals surface area contributed by atoms with Crippen LogP contribution in [0.2, 0.25) is 0 Å². The Hall–Kier alpha value is -3.32. The maximum Gasteiger partial charge on any atom is 0.161 e. The number of aryl methyl sites for hydroxylation is 3. The van der Waals surface area contributed by atoms with Gasteiger partial charge < -0.3 is 5.73 Å². The molecule has 0 spiro atoms. The van der Waals surface area contributed by atoms with Crippen LogP contribution in [-0.2, 0) is 4.79 Å². The lowest BCUT2D eigenvalue weighted by Crippen LogP contribution is -2.38. The Morgan fingerprint density at radius 1 is 1.07 bits per heavy atom. The molecule has 1 atom stereocenters. The van der Waals surface area contributed by atoms with Gasteiger partial charge in [-0.1, -0.05) is 35.9 Å². The summed E-state index contributed by atoms with van der Waals surface area (Å²) in [6, 6.07) is 16.6. The minimum absolute atomic E-state index is 0.120. The van der Waals surface area contributed by atoms with Crippen molar-refractivity contribution in [3.05, 3.63) is 87.4 Å². The molecule has 2 N–H and O–H groups in total. The molecule has 1 aliphatic carbocycles. The number of hydrogen-bond acceptors (Lipinski definition) is 4. The van der Waals surface area contributed by atoms with Crippen LogP contribution in [0.3, 0.4) is 0 Å². The molecule has 1 aliphatic heterocycles. The third-order valence-corrected chi connectivity index (χ3v) is 5.92. The monoisotopic (exact) mass is 383 g/mol. The standard InChI is InChI=1S/C25H25N3O/c1-15-6-4-7-18(12-15)28-21-8-5-9-22(29)24(21)23(20(14-26)25(28)27)19-13-16(2)10-11-17(19)3/h4,6-7,10-13,23H,5,8-9,27H2,1-3H3/t23-/m0/s1. The number of ketones is 1. The second-order valence-electron chi connectivity index (χ2n) is 8.02. The van der Waals surface area contributed by atoms with Gasteiger partial charge in [-0.15, -0.1) is 0 Å². The Labute approximate surface area is 171 Å². The van der Waals surface area contributed by atoms with Crippen LogP contribution in [0.5, 0.6) is 0 Å². The van der Waals surface area contributed by atoms with Crippen molar-refractivity contribution in [2.45, 2.75) is 46.0 Å². The Bertz CT molecular complexity index is 1120. The number of carbonyl (C=O) groups excluding carboxylic acids is 1. The first-order chi connectivity index (χ1) is 13.9. The van der Waals surface area contributed by atoms with E-state index < -0.39 is 5.92 Å². The van der Waals surface area contributed by atoms with Crippen LogP contribution in [0, 0.1) is 32.1 Å². The SMILES string of the molecule is Cc1cccc(N2C(N)=C(C#N)[C@H](c3cc(C)ccc3C)C3=C2CCCC3=O)c1. The van der Waals surface area contributed by atoms with Gasteiger partial charge in [0.25, 0.3) is 0 Å². The third-order valence-electron chi connectivity index (χ3n) is 5.92. The molecule has 4 nitrogen and oxygen atoms in total. The predicted molar refractivity (Wildman–Crippen MR) is 115 cm³/mol. The smallest absolute Gasteiger partial charge is 0.161 e. The van der Waals surface area contributed by atoms with Crippen molar-refractivity contribution in [3.63, 3.8) is 0 Å². The number of rotatable bonds is 2. The molecule has 0 fully saturated rings. The number of nitrogens with two attached hydrogens (primary N) is 1. The summed E-state index contributed by atoms with van der Waals surface area (Å²) in [4.78, 5) is 15.1. The van der Waals surface area contributed by atoms with Crippen LogP contribution < -0.4 is 10.6 Å². The van der Waals surface area contributed by atoms with E-state index in [0.29, 0.717) is 17.8 Å². The summed E-state index contributed by atoms with van der Waals surface area (Å²) < 4.78 is 0. The van der Waals surface area contributed by atoms with E-state index in [2.05, 4.69) is 24.3 Å². The zero-order valence-corrected chi connectivity index (χ0v) is 17.1. The molecule has 2 aromatic rings. The van der Waals surface area contributed by atoms with Gasteiger partial charge in [-0.3, -0.25) is 9.69 Å². The largest absolute Gasteiger partial charge is 0.384 e. The van der Waals surface area contributed by atoms with E-state index in [1.54, 1.807) is 0 Å². The zero-order valence-electron chi connectivity index (χ0n) is 17.1. The van der Waals surface area contributed by atoms with E-state index in [-0.39, 0.29) is 5.78 Å². The van der Waals surface area contributed by atoms with Gasteiger partial charge in [0.1, 0.15) is 5.82 Å². The maximum absolute atomic E-state index is 13.2. The predicted octanol–water partition coefficient (Wildman–Crippen LogP) is 4.92. The van der Waals surface area contributed by atoms with Crippen molar-refractivity contribution in [1.29, 1.82) is 5.26 Å². The molecule has 4 heteroatoms. The van der Waals surface area contributed by atoms with Crippen LogP contribution in [0.15, 0.2) is 65.1 Å². The van der Waals surface area contributed by atoms with Gasteiger partial charge in [-0.05, 0) is 62.4 Å². The quantitative estimate of drug-likeness (QED) is 0.799. The fourth-order valence-corrected chi connectivity index (χ4v) is 4.53. The molecule has 0 unspecified atom stereocenters. The van der Waals surface area contributed by atoms with E-state index in [4.69, 9.17) is 5.73 Å². The highest BCUT2D eigenvalue weighted by Crippen LogP contribution is 2.47. The van der Waals surface area contributed by atoms with Crippen molar-refractivity contribution in [3.8, 4) is 6.07 Å². The van der Waals surface area contributed by atoms with Crippen LogP contribution >= 0.6 is 0 Å². The number of hydrogen-bond donors (Lipinski definition) is 1. The summed E-state index contributed by atoms with van der Waals surface area (Å²) in [5.41, 5.74) is 13.9. The van der Waals surface area contributed by atoms with E-state index in [0.717, 1.165) is 52.1 Å². The van der Waals surface area contributed by atoms with Crippen molar-refractivity contribution in [1.82, 2.24) is 0 Å². The molecule has 2 aliphatic rings. The molecule has 0 amide bonds. The van der Waals surface area contributed by atoms with Crippen molar-refractivity contribution < 1.29 is 4.79 Å². The third kappa shape index (κ3) is 3.13. The van der Waals surface area contributed by atoms with Crippen molar-refractivity contribution in [2.75, 3.05) is 4.90 Å². The highest BCUT2D eigenvalue weighted by atomic mass is 16.1. The summed E-state index contributed by atoms with van der Waals surface area (Å²) >= 11 is 0. The lowest BCUT2D eigenvalue weighted by atomic mass is 9.74. The number of Topliss-reactive ketones (excluding diaryl/α,β-unsaturated/α-hetero) is 1. The van der Waals surface area contributed by atoms with Crippen LogP contribution in [0.25, 0.3) is 0 Å². The van der Waals surface area contributed by atoms with E-state index >= 15 is 0 Å². The molecule has 4 rings (SSSR count). The summed E-state index contributed by atoms with van der Waals surface area (Å²) in [5, 5.41) is 10.1. The van der Waals surface area contributed by atoms with Gasteiger partial charge in [-0.25, -0.2) is 0 Å². The Morgan fingerprint density at radius 2 is 1.83 bits per heavy atom. The summed E-state index contributed by atoms with van der Waals surface area (Å²) in [5.74, 6) is 0.149. The average Bonchev–Trinajstić information content (AvgIpc) is 2.69. The Balaban J connectivity index is 2.01. The zero-order chi connectivity index (χ0) is 20.7. The van der Waals surface area contributed by atoms with E-state index in [1.807, 2.05) is 49.9 Å². The topological polar surface area (TPSA) is 70.1 Å². The summed E-state index contributed by atoms with van der Waals surface area (Å²) in [6.45, 7) is 6.08. The summed E-state index contributed by atoms with van der Waals surface area (Å²) in [7, 11) is 0. The molecular formula is C25H25N3O. The second kappa shape index (κ2) is 7.25. The van der Waals surface area contributed by atoms with E-state index in [1.165, 1.54) is 0 Å².